The summed E-state index contributed by atoms with van der Waals surface area (Å²) < 4.78 is 5.38. The van der Waals surface area contributed by atoms with Crippen molar-refractivity contribution in [2.45, 2.75) is 18.9 Å². The highest BCUT2D eigenvalue weighted by Crippen LogP contribution is 2.53. The Bertz CT molecular complexity index is 244. The van der Waals surface area contributed by atoms with Crippen molar-refractivity contribution in [3.63, 3.8) is 0 Å². The molecule has 3 aliphatic rings. The Kier molecular flexibility index (Phi) is 0.888. The molecule has 58 valence electrons. The van der Waals surface area contributed by atoms with E-state index in [0.29, 0.717) is 29.6 Å². The van der Waals surface area contributed by atoms with Gasteiger partial charge in [-0.1, -0.05) is 0 Å². The second-order valence-electron chi connectivity index (χ2n) is 3.70. The van der Waals surface area contributed by atoms with Crippen LogP contribution in [0.2, 0.25) is 0 Å². The molecule has 2 fully saturated rings. The molecule has 0 aromatic heterocycles. The van der Waals surface area contributed by atoms with E-state index in [1.807, 2.05) is 0 Å². The zero-order chi connectivity index (χ0) is 7.42. The van der Waals surface area contributed by atoms with E-state index in [1.165, 1.54) is 0 Å². The van der Waals surface area contributed by atoms with Gasteiger partial charge >= 0.3 is 0 Å². The molecule has 2 aliphatic carbocycles. The Morgan fingerprint density at radius 3 is 3.36 bits per heavy atom. The SMILES string of the molecule is O=C1CC[C@H]2[C@@H]3OC=C[C@@H]3[C@@H]12. The largest absolute Gasteiger partial charge is 0.497 e. The molecule has 0 N–H and O–H groups in total. The monoisotopic (exact) mass is 150 g/mol. The lowest BCUT2D eigenvalue weighted by Gasteiger charge is -2.41. The highest BCUT2D eigenvalue weighted by Gasteiger charge is 2.58. The lowest BCUT2D eigenvalue weighted by atomic mass is 9.64. The number of rotatable bonds is 0. The van der Waals surface area contributed by atoms with Crippen molar-refractivity contribution in [3.8, 4) is 0 Å². The normalized spacial score (nSPS) is 51.5. The van der Waals surface area contributed by atoms with Crippen LogP contribution in [0, 0.1) is 17.8 Å². The lowest BCUT2D eigenvalue weighted by Crippen LogP contribution is -2.48. The molecule has 0 aromatic carbocycles. The summed E-state index contributed by atoms with van der Waals surface area (Å²) in [5, 5.41) is 0. The summed E-state index contributed by atoms with van der Waals surface area (Å²) in [6.07, 6.45) is 6.04. The van der Waals surface area contributed by atoms with Gasteiger partial charge in [0.25, 0.3) is 0 Å². The zero-order valence-electron chi connectivity index (χ0n) is 6.19. The predicted octanol–water partition coefficient (Wildman–Crippen LogP) is 1.12. The lowest BCUT2D eigenvalue weighted by molar-refractivity contribution is -0.131. The third-order valence-electron chi connectivity index (χ3n) is 3.31. The van der Waals surface area contributed by atoms with Crippen molar-refractivity contribution < 1.29 is 9.53 Å². The van der Waals surface area contributed by atoms with Gasteiger partial charge in [-0.25, -0.2) is 0 Å². The van der Waals surface area contributed by atoms with Gasteiger partial charge in [-0.05, 0) is 12.5 Å². The van der Waals surface area contributed by atoms with E-state index in [0.717, 1.165) is 12.8 Å². The Hall–Kier alpha value is -0.790. The maximum absolute atomic E-state index is 11.3. The molecule has 0 bridgehead atoms. The molecule has 0 saturated heterocycles. The van der Waals surface area contributed by atoms with E-state index < -0.39 is 0 Å². The van der Waals surface area contributed by atoms with Crippen LogP contribution in [0.3, 0.4) is 0 Å². The number of Topliss-reactive ketones (excluding diaryl/α,β-unsaturated/α-hetero) is 1. The van der Waals surface area contributed by atoms with E-state index in [4.69, 9.17) is 4.74 Å². The Labute approximate surface area is 65.2 Å². The first kappa shape index (κ1) is 5.81. The molecule has 2 saturated carbocycles. The van der Waals surface area contributed by atoms with Gasteiger partial charge in [0, 0.05) is 24.2 Å². The number of fused-ring (bicyclic) bond motifs is 4. The van der Waals surface area contributed by atoms with Gasteiger partial charge in [0.1, 0.15) is 11.9 Å². The molecule has 0 spiro atoms. The first-order chi connectivity index (χ1) is 5.38. The highest BCUT2D eigenvalue weighted by molar-refractivity contribution is 5.85. The summed E-state index contributed by atoms with van der Waals surface area (Å²) in [4.78, 5) is 11.3. The number of ketones is 1. The molecule has 0 aromatic rings. The van der Waals surface area contributed by atoms with E-state index in [-0.39, 0.29) is 0 Å². The minimum absolute atomic E-state index is 0.332. The number of hydrogen-bond acceptors (Lipinski definition) is 2. The van der Waals surface area contributed by atoms with E-state index in [9.17, 15) is 4.79 Å². The third-order valence-corrected chi connectivity index (χ3v) is 3.31. The second kappa shape index (κ2) is 1.68. The van der Waals surface area contributed by atoms with Gasteiger partial charge in [0.15, 0.2) is 0 Å². The quantitative estimate of drug-likeness (QED) is 0.517. The Morgan fingerprint density at radius 1 is 1.55 bits per heavy atom. The predicted molar refractivity (Wildman–Crippen MR) is 38.7 cm³/mol. The van der Waals surface area contributed by atoms with Gasteiger partial charge < -0.3 is 4.74 Å². The summed E-state index contributed by atoms with van der Waals surface area (Å²) >= 11 is 0. The van der Waals surface area contributed by atoms with Gasteiger partial charge in [0.2, 0.25) is 0 Å². The second-order valence-corrected chi connectivity index (χ2v) is 3.70. The van der Waals surface area contributed by atoms with Crippen LogP contribution in [-0.2, 0) is 9.53 Å². The summed E-state index contributed by atoms with van der Waals surface area (Å²) in [5.74, 6) is 1.79. The van der Waals surface area contributed by atoms with Crippen LogP contribution in [0.4, 0.5) is 0 Å². The molecule has 2 nitrogen and oxygen atoms in total. The minimum atomic E-state index is 0.332. The number of ether oxygens (including phenoxy) is 1. The van der Waals surface area contributed by atoms with Crippen LogP contribution in [0.1, 0.15) is 12.8 Å². The molecule has 0 unspecified atom stereocenters. The first-order valence-electron chi connectivity index (χ1n) is 4.23. The van der Waals surface area contributed by atoms with Crippen LogP contribution >= 0.6 is 0 Å². The standard InChI is InChI=1S/C9H10O2/c10-7-2-1-5-8(7)6-3-4-11-9(5)6/h3-6,8-9H,1-2H2/t5-,6-,8+,9+/m1/s1. The number of hydrogen-bond donors (Lipinski definition) is 0. The zero-order valence-corrected chi connectivity index (χ0v) is 6.19. The van der Waals surface area contributed by atoms with E-state index in [2.05, 4.69) is 6.08 Å². The Balaban J connectivity index is 1.93. The van der Waals surface area contributed by atoms with Gasteiger partial charge in [-0.3, -0.25) is 4.79 Å². The highest BCUT2D eigenvalue weighted by atomic mass is 16.5. The van der Waals surface area contributed by atoms with Crippen LogP contribution in [0.25, 0.3) is 0 Å². The van der Waals surface area contributed by atoms with E-state index >= 15 is 0 Å². The van der Waals surface area contributed by atoms with Crippen molar-refractivity contribution in [3.05, 3.63) is 12.3 Å². The van der Waals surface area contributed by atoms with Gasteiger partial charge in [0.05, 0.1) is 6.26 Å². The molecule has 3 rings (SSSR count). The third kappa shape index (κ3) is 0.525. The van der Waals surface area contributed by atoms with E-state index in [1.54, 1.807) is 6.26 Å². The van der Waals surface area contributed by atoms with Gasteiger partial charge in [-0.15, -0.1) is 0 Å². The topological polar surface area (TPSA) is 26.3 Å². The average Bonchev–Trinajstić information content (AvgIpc) is 2.43. The Morgan fingerprint density at radius 2 is 2.45 bits per heavy atom. The van der Waals surface area contributed by atoms with Crippen LogP contribution in [0.5, 0.6) is 0 Å². The molecule has 0 radical (unpaired) electrons. The fourth-order valence-corrected chi connectivity index (χ4v) is 2.75. The maximum Gasteiger partial charge on any atom is 0.137 e. The van der Waals surface area contributed by atoms with Crippen molar-refractivity contribution in [1.29, 1.82) is 0 Å². The maximum atomic E-state index is 11.3. The number of carbonyl (C=O) groups is 1. The van der Waals surface area contributed by atoms with Crippen molar-refractivity contribution in [1.82, 2.24) is 0 Å². The average molecular weight is 150 g/mol. The van der Waals surface area contributed by atoms with Gasteiger partial charge in [-0.2, -0.15) is 0 Å². The summed E-state index contributed by atoms with van der Waals surface area (Å²) in [5.41, 5.74) is 0. The molecule has 1 heterocycles. The summed E-state index contributed by atoms with van der Waals surface area (Å²) in [6.45, 7) is 0. The van der Waals surface area contributed by atoms with Crippen molar-refractivity contribution in [2.75, 3.05) is 0 Å². The molecule has 11 heavy (non-hydrogen) atoms. The fourth-order valence-electron chi connectivity index (χ4n) is 2.75. The summed E-state index contributed by atoms with van der Waals surface area (Å²) in [7, 11) is 0. The number of carbonyl (C=O) groups excluding carboxylic acids is 1. The molecular formula is C9H10O2. The van der Waals surface area contributed by atoms with Crippen molar-refractivity contribution >= 4 is 5.78 Å². The molecule has 2 heteroatoms. The summed E-state index contributed by atoms with van der Waals surface area (Å²) in [6, 6.07) is 0. The molecule has 1 aliphatic heterocycles. The van der Waals surface area contributed by atoms with Crippen LogP contribution < -0.4 is 0 Å². The molecule has 4 atom stereocenters. The van der Waals surface area contributed by atoms with Crippen molar-refractivity contribution in [2.24, 2.45) is 17.8 Å². The smallest absolute Gasteiger partial charge is 0.137 e. The first-order valence-corrected chi connectivity index (χ1v) is 4.23. The molecular weight excluding hydrogens is 140 g/mol. The molecule has 0 amide bonds. The van der Waals surface area contributed by atoms with Crippen LogP contribution in [0.15, 0.2) is 12.3 Å². The minimum Gasteiger partial charge on any atom is -0.497 e. The van der Waals surface area contributed by atoms with Crippen LogP contribution in [-0.4, -0.2) is 11.9 Å². The fraction of sp³-hybridized carbons (Fsp3) is 0.667.